The van der Waals surface area contributed by atoms with Crippen molar-refractivity contribution in [3.05, 3.63) is 31.8 Å². The smallest absolute Gasteiger partial charge is 0.251 e. The molecule has 2 aliphatic carbocycles. The van der Waals surface area contributed by atoms with Gasteiger partial charge in [-0.05, 0) is 67.9 Å². The van der Waals surface area contributed by atoms with Gasteiger partial charge >= 0.3 is 0 Å². The number of carbonyl (C=O) groups excluding carboxylic acids is 2. The minimum atomic E-state index is -0.467. The molecule has 0 bridgehead atoms. The molecule has 0 radical (unpaired) electrons. The van der Waals surface area contributed by atoms with Crippen molar-refractivity contribution < 1.29 is 9.59 Å². The number of primary amides is 1. The van der Waals surface area contributed by atoms with Gasteiger partial charge in [0.25, 0.3) is 5.91 Å². The summed E-state index contributed by atoms with van der Waals surface area (Å²) in [7, 11) is 0. The van der Waals surface area contributed by atoms with E-state index in [1.165, 1.54) is 50.4 Å². The fourth-order valence-corrected chi connectivity index (χ4v) is 8.72. The highest BCUT2D eigenvalue weighted by molar-refractivity contribution is 7.99. The van der Waals surface area contributed by atoms with Gasteiger partial charge in [-0.2, -0.15) is 0 Å². The lowest BCUT2D eigenvalue weighted by Crippen LogP contribution is -2.20. The number of thioether (sulfide) groups is 1. The Morgan fingerprint density at radius 2 is 1.86 bits per heavy atom. The number of thiophene rings is 2. The van der Waals surface area contributed by atoms with Crippen LogP contribution >= 0.6 is 34.4 Å². The van der Waals surface area contributed by atoms with Gasteiger partial charge in [0, 0.05) is 27.2 Å². The Hall–Kier alpha value is -2.17. The van der Waals surface area contributed by atoms with Crippen LogP contribution in [-0.4, -0.2) is 32.3 Å². The molecule has 36 heavy (non-hydrogen) atoms. The second-order valence-corrected chi connectivity index (χ2v) is 13.1. The van der Waals surface area contributed by atoms with E-state index >= 15 is 0 Å². The van der Waals surface area contributed by atoms with Gasteiger partial charge < -0.3 is 15.6 Å². The Bertz CT molecular complexity index is 1290. The van der Waals surface area contributed by atoms with Crippen LogP contribution in [-0.2, 0) is 37.0 Å². The summed E-state index contributed by atoms with van der Waals surface area (Å²) in [4.78, 5) is 27.8. The van der Waals surface area contributed by atoms with Gasteiger partial charge in [-0.15, -0.1) is 32.9 Å². The molecule has 2 unspecified atom stereocenters. The lowest BCUT2D eigenvalue weighted by atomic mass is 9.88. The zero-order valence-corrected chi connectivity index (χ0v) is 23.5. The van der Waals surface area contributed by atoms with Crippen molar-refractivity contribution in [2.45, 2.75) is 77.4 Å². The first-order valence-electron chi connectivity index (χ1n) is 12.7. The number of amides is 2. The first kappa shape index (κ1) is 25.5. The average molecular weight is 544 g/mol. The molecule has 2 amide bonds. The number of fused-ring (bicyclic) bond motifs is 2. The average Bonchev–Trinajstić information content (AvgIpc) is 3.52. The number of carbonyl (C=O) groups is 2. The van der Waals surface area contributed by atoms with E-state index in [1.54, 1.807) is 0 Å². The van der Waals surface area contributed by atoms with Crippen LogP contribution in [0.1, 0.15) is 71.3 Å². The molecule has 192 valence electrons. The number of nitrogens with zero attached hydrogens (tertiary/aromatic N) is 3. The summed E-state index contributed by atoms with van der Waals surface area (Å²) >= 11 is 4.72. The van der Waals surface area contributed by atoms with E-state index in [2.05, 4.69) is 46.2 Å². The normalized spacial score (nSPS) is 19.1. The number of anilines is 1. The second-order valence-electron chi connectivity index (χ2n) is 10.1. The van der Waals surface area contributed by atoms with Crippen molar-refractivity contribution >= 4 is 51.3 Å². The summed E-state index contributed by atoms with van der Waals surface area (Å²) in [5, 5.41) is 15.6. The molecule has 3 aromatic heterocycles. The van der Waals surface area contributed by atoms with Crippen LogP contribution in [0.2, 0.25) is 0 Å². The van der Waals surface area contributed by atoms with Crippen LogP contribution in [0.15, 0.2) is 10.5 Å². The highest BCUT2D eigenvalue weighted by Gasteiger charge is 2.28. The molecular weight excluding hydrogens is 511 g/mol. The Morgan fingerprint density at radius 3 is 2.58 bits per heavy atom. The topological polar surface area (TPSA) is 103 Å². The van der Waals surface area contributed by atoms with Gasteiger partial charge in [0.05, 0.1) is 11.3 Å². The van der Waals surface area contributed by atoms with Crippen LogP contribution in [0.5, 0.6) is 0 Å². The Balaban J connectivity index is 1.32. The van der Waals surface area contributed by atoms with Crippen molar-refractivity contribution in [1.29, 1.82) is 0 Å². The Labute approximate surface area is 224 Å². The van der Waals surface area contributed by atoms with Crippen molar-refractivity contribution in [2.75, 3.05) is 11.1 Å². The SMILES string of the molecule is CCCn1c(SCC(=O)Nc2sc3c(c2C(N)=O)CCC(C)C3)nnc1-c1csc2c1CCC(C)C2. The van der Waals surface area contributed by atoms with Gasteiger partial charge in [0.15, 0.2) is 11.0 Å². The van der Waals surface area contributed by atoms with Crippen LogP contribution in [0, 0.1) is 11.8 Å². The van der Waals surface area contributed by atoms with Crippen molar-refractivity contribution in [3.63, 3.8) is 0 Å². The minimum absolute atomic E-state index is 0.163. The van der Waals surface area contributed by atoms with Crippen LogP contribution in [0.3, 0.4) is 0 Å². The molecule has 7 nitrogen and oxygen atoms in total. The summed E-state index contributed by atoms with van der Waals surface area (Å²) < 4.78 is 2.15. The largest absolute Gasteiger partial charge is 0.365 e. The number of aromatic nitrogens is 3. The zero-order chi connectivity index (χ0) is 25.4. The lowest BCUT2D eigenvalue weighted by molar-refractivity contribution is -0.113. The molecule has 0 fully saturated rings. The van der Waals surface area contributed by atoms with E-state index in [9.17, 15) is 9.59 Å². The first-order chi connectivity index (χ1) is 17.4. The van der Waals surface area contributed by atoms with E-state index in [0.717, 1.165) is 67.5 Å². The monoisotopic (exact) mass is 543 g/mol. The van der Waals surface area contributed by atoms with E-state index < -0.39 is 5.91 Å². The summed E-state index contributed by atoms with van der Waals surface area (Å²) in [5.74, 6) is 1.78. The molecule has 3 heterocycles. The molecule has 0 saturated heterocycles. The number of hydrogen-bond donors (Lipinski definition) is 2. The zero-order valence-electron chi connectivity index (χ0n) is 21.1. The summed E-state index contributed by atoms with van der Waals surface area (Å²) in [6.07, 6.45) is 7.19. The molecule has 2 atom stereocenters. The standard InChI is InChI=1S/C26H33N5O2S3/c1-4-9-31-24(18-12-34-19-10-14(2)5-7-16(18)19)29-30-26(31)35-13-21(32)28-25-22(23(27)33)17-8-6-15(3)11-20(17)36-25/h12,14-15H,4-11,13H2,1-3H3,(H2,27,33)(H,28,32). The maximum absolute atomic E-state index is 12.9. The maximum atomic E-state index is 12.9. The van der Waals surface area contributed by atoms with Gasteiger partial charge in [-0.3, -0.25) is 9.59 Å². The summed E-state index contributed by atoms with van der Waals surface area (Å²) in [6, 6.07) is 0. The van der Waals surface area contributed by atoms with Gasteiger partial charge in [0.2, 0.25) is 5.91 Å². The van der Waals surface area contributed by atoms with E-state index in [1.807, 2.05) is 11.3 Å². The van der Waals surface area contributed by atoms with E-state index in [-0.39, 0.29) is 11.7 Å². The fourth-order valence-electron chi connectivity index (χ4n) is 5.28. The van der Waals surface area contributed by atoms with Crippen molar-refractivity contribution in [2.24, 2.45) is 17.6 Å². The predicted octanol–water partition coefficient (Wildman–Crippen LogP) is 5.56. The summed E-state index contributed by atoms with van der Waals surface area (Å²) in [5.41, 5.74) is 9.84. The van der Waals surface area contributed by atoms with Crippen molar-refractivity contribution in [3.8, 4) is 11.4 Å². The molecule has 0 aliphatic heterocycles. The van der Waals surface area contributed by atoms with Crippen LogP contribution < -0.4 is 11.1 Å². The number of nitrogens with two attached hydrogens (primary N) is 1. The lowest BCUT2D eigenvalue weighted by Gasteiger charge is -2.19. The number of rotatable bonds is 8. The van der Waals surface area contributed by atoms with Crippen LogP contribution in [0.4, 0.5) is 5.00 Å². The molecule has 0 saturated carbocycles. The molecule has 3 N–H and O–H groups in total. The molecular formula is C26H33N5O2S3. The number of nitrogens with one attached hydrogen (secondary N) is 1. The fraction of sp³-hybridized carbons (Fsp3) is 0.538. The Kier molecular flexibility index (Phi) is 7.55. The van der Waals surface area contributed by atoms with Crippen LogP contribution in [0.25, 0.3) is 11.4 Å². The number of hydrogen-bond acceptors (Lipinski definition) is 7. The molecule has 0 spiro atoms. The van der Waals surface area contributed by atoms with Gasteiger partial charge in [0.1, 0.15) is 5.00 Å². The highest BCUT2D eigenvalue weighted by atomic mass is 32.2. The van der Waals surface area contributed by atoms with E-state index in [0.29, 0.717) is 16.5 Å². The maximum Gasteiger partial charge on any atom is 0.251 e. The predicted molar refractivity (Wildman–Crippen MR) is 148 cm³/mol. The first-order valence-corrected chi connectivity index (χ1v) is 15.4. The summed E-state index contributed by atoms with van der Waals surface area (Å²) in [6.45, 7) is 7.48. The third-order valence-electron chi connectivity index (χ3n) is 7.15. The van der Waals surface area contributed by atoms with E-state index in [4.69, 9.17) is 5.73 Å². The van der Waals surface area contributed by atoms with Crippen molar-refractivity contribution in [1.82, 2.24) is 14.8 Å². The highest BCUT2D eigenvalue weighted by Crippen LogP contribution is 2.40. The molecule has 5 rings (SSSR count). The Morgan fingerprint density at radius 1 is 1.14 bits per heavy atom. The minimum Gasteiger partial charge on any atom is -0.365 e. The molecule has 10 heteroatoms. The molecule has 3 aromatic rings. The quantitative estimate of drug-likeness (QED) is 0.362. The second kappa shape index (κ2) is 10.7. The third kappa shape index (κ3) is 4.99. The van der Waals surface area contributed by atoms with Gasteiger partial charge in [-0.25, -0.2) is 0 Å². The molecule has 0 aromatic carbocycles. The molecule has 2 aliphatic rings. The third-order valence-corrected chi connectivity index (χ3v) is 10.3. The van der Waals surface area contributed by atoms with Gasteiger partial charge in [-0.1, -0.05) is 32.5 Å².